The average Bonchev–Trinajstić information content (AvgIpc) is 3.17. The zero-order valence-electron chi connectivity index (χ0n) is 18.2. The molecule has 0 aliphatic carbocycles. The molecule has 3 aliphatic rings. The summed E-state index contributed by atoms with van der Waals surface area (Å²) in [5.74, 6) is -3.52. The van der Waals surface area contributed by atoms with Crippen molar-refractivity contribution in [3.63, 3.8) is 0 Å². The third-order valence-electron chi connectivity index (χ3n) is 5.11. The average molecular weight is 474 g/mol. The molecule has 0 radical (unpaired) electrons. The summed E-state index contributed by atoms with van der Waals surface area (Å²) in [4.78, 5) is 11.9. The van der Waals surface area contributed by atoms with Gasteiger partial charge in [0.1, 0.15) is 31.5 Å². The lowest BCUT2D eigenvalue weighted by atomic mass is 9.98. The van der Waals surface area contributed by atoms with Gasteiger partial charge >= 0.3 is 16.4 Å². The molecular formula is C20H27NO10S. The Labute approximate surface area is 186 Å². The largest absolute Gasteiger partial charge is 0.444 e. The summed E-state index contributed by atoms with van der Waals surface area (Å²) >= 11 is 0. The molecule has 1 amide bonds. The number of hydrogen-bond acceptors (Lipinski definition) is 10. The van der Waals surface area contributed by atoms with Gasteiger partial charge in [-0.15, -0.1) is 0 Å². The lowest BCUT2D eigenvalue weighted by Crippen LogP contribution is -2.60. The number of fused-ring (bicyclic) bond motifs is 3. The van der Waals surface area contributed by atoms with Gasteiger partial charge in [-0.3, -0.25) is 0 Å². The number of amides is 1. The molecule has 1 N–H and O–H groups in total. The van der Waals surface area contributed by atoms with E-state index in [1.165, 1.54) is 0 Å². The van der Waals surface area contributed by atoms with Gasteiger partial charge in [0.05, 0.1) is 6.61 Å². The highest BCUT2D eigenvalue weighted by Crippen LogP contribution is 2.47. The van der Waals surface area contributed by atoms with Crippen molar-refractivity contribution in [3.05, 3.63) is 35.9 Å². The first-order chi connectivity index (χ1) is 14.9. The fourth-order valence-electron chi connectivity index (χ4n) is 3.99. The van der Waals surface area contributed by atoms with Crippen LogP contribution in [0.15, 0.2) is 30.3 Å². The van der Waals surface area contributed by atoms with Gasteiger partial charge in [0.2, 0.25) is 5.79 Å². The van der Waals surface area contributed by atoms with Gasteiger partial charge in [0.25, 0.3) is 0 Å². The highest BCUT2D eigenvalue weighted by molar-refractivity contribution is 7.85. The normalized spacial score (nSPS) is 32.7. The van der Waals surface area contributed by atoms with Gasteiger partial charge in [0, 0.05) is 0 Å². The number of rotatable bonds is 6. The predicted molar refractivity (Wildman–Crippen MR) is 107 cm³/mol. The van der Waals surface area contributed by atoms with Crippen molar-refractivity contribution in [2.24, 2.45) is 0 Å². The number of carbonyl (C=O) groups excluding carboxylic acids is 1. The smallest absolute Gasteiger partial charge is 0.423 e. The molecular weight excluding hydrogens is 446 g/mol. The first-order valence-corrected chi connectivity index (χ1v) is 11.5. The molecule has 0 bridgehead atoms. The quantitative estimate of drug-likeness (QED) is 0.650. The van der Waals surface area contributed by atoms with Crippen LogP contribution in [0, 0.1) is 0 Å². The van der Waals surface area contributed by atoms with Gasteiger partial charge in [0.15, 0.2) is 11.6 Å². The van der Waals surface area contributed by atoms with Crippen molar-refractivity contribution >= 4 is 16.4 Å². The number of ether oxygens (including phenoxy) is 6. The van der Waals surface area contributed by atoms with Crippen LogP contribution in [0.3, 0.4) is 0 Å². The van der Waals surface area contributed by atoms with E-state index in [4.69, 9.17) is 32.6 Å². The van der Waals surface area contributed by atoms with E-state index in [9.17, 15) is 13.2 Å². The number of nitrogens with one attached hydrogen (secondary N) is 1. The van der Waals surface area contributed by atoms with Crippen LogP contribution in [-0.2, 0) is 49.5 Å². The maximum Gasteiger partial charge on any atom is 0.423 e. The van der Waals surface area contributed by atoms with Crippen molar-refractivity contribution in [2.45, 2.75) is 70.0 Å². The fraction of sp³-hybridized carbons (Fsp3) is 0.650. The van der Waals surface area contributed by atoms with Gasteiger partial charge in [-0.1, -0.05) is 30.3 Å². The zero-order chi connectivity index (χ0) is 23.2. The lowest BCUT2D eigenvalue weighted by molar-refractivity contribution is -0.290. The third kappa shape index (κ3) is 5.06. The topological polar surface area (TPSA) is 128 Å². The molecule has 1 aromatic rings. The Hall–Kier alpha value is -1.80. The zero-order valence-corrected chi connectivity index (χ0v) is 19.0. The Morgan fingerprint density at radius 1 is 1.09 bits per heavy atom. The number of carbonyl (C=O) groups is 1. The first kappa shape index (κ1) is 23.4. The number of benzene rings is 1. The maximum absolute atomic E-state index is 12.3. The molecule has 4 rings (SSSR count). The highest BCUT2D eigenvalue weighted by Gasteiger charge is 2.65. The van der Waals surface area contributed by atoms with E-state index in [0.29, 0.717) is 5.56 Å². The van der Waals surface area contributed by atoms with Crippen molar-refractivity contribution in [2.75, 3.05) is 13.2 Å². The molecule has 1 aromatic carbocycles. The minimum Gasteiger partial charge on any atom is -0.444 e. The summed E-state index contributed by atoms with van der Waals surface area (Å²) in [5.41, 5.74) is 0.702. The van der Waals surface area contributed by atoms with Gasteiger partial charge in [-0.25, -0.2) is 8.98 Å². The van der Waals surface area contributed by atoms with E-state index in [-0.39, 0.29) is 13.2 Å². The van der Waals surface area contributed by atoms with Crippen LogP contribution in [0.1, 0.15) is 33.3 Å². The van der Waals surface area contributed by atoms with E-state index in [0.717, 1.165) is 0 Å². The molecule has 3 saturated heterocycles. The van der Waals surface area contributed by atoms with Crippen LogP contribution in [0.5, 0.6) is 0 Å². The number of hydrogen-bond donors (Lipinski definition) is 1. The van der Waals surface area contributed by atoms with E-state index in [1.807, 2.05) is 6.07 Å². The molecule has 11 nitrogen and oxygen atoms in total. The molecule has 178 valence electrons. The standard InChI is InChI=1S/C20H27NO10S/c1-18(2)28-14-11-26-20(16(15(14)29-18)30-19(3,4)31-20)12-27-32(23,24)21-17(22)25-10-13-8-6-5-7-9-13/h5-9,14-16H,10-12H2,1-4H3,(H,21,22)/t14-,15?,16+,20+/m1/s1. The molecule has 3 heterocycles. The van der Waals surface area contributed by atoms with Crippen LogP contribution in [-0.4, -0.2) is 63.4 Å². The Balaban J connectivity index is 1.39. The molecule has 1 unspecified atom stereocenters. The highest BCUT2D eigenvalue weighted by atomic mass is 32.2. The minimum absolute atomic E-state index is 0.0833. The summed E-state index contributed by atoms with van der Waals surface area (Å²) in [5, 5.41) is 0. The van der Waals surface area contributed by atoms with Crippen molar-refractivity contribution in [1.82, 2.24) is 4.72 Å². The molecule has 0 saturated carbocycles. The van der Waals surface area contributed by atoms with E-state index >= 15 is 0 Å². The van der Waals surface area contributed by atoms with Crippen LogP contribution >= 0.6 is 0 Å². The summed E-state index contributed by atoms with van der Waals surface area (Å²) in [7, 11) is -4.52. The van der Waals surface area contributed by atoms with Crippen LogP contribution < -0.4 is 4.72 Å². The van der Waals surface area contributed by atoms with E-state index in [2.05, 4.69) is 0 Å². The first-order valence-electron chi connectivity index (χ1n) is 10.1. The van der Waals surface area contributed by atoms with Crippen molar-refractivity contribution < 1.29 is 45.8 Å². The van der Waals surface area contributed by atoms with E-state index in [1.54, 1.807) is 56.7 Å². The van der Waals surface area contributed by atoms with Crippen LogP contribution in [0.2, 0.25) is 0 Å². The Kier molecular flexibility index (Phi) is 5.99. The predicted octanol–water partition coefficient (Wildman–Crippen LogP) is 1.57. The van der Waals surface area contributed by atoms with Crippen LogP contribution in [0.4, 0.5) is 4.79 Å². The molecule has 0 aromatic heterocycles. The summed E-state index contributed by atoms with van der Waals surface area (Å²) in [6.45, 7) is 6.27. The lowest BCUT2D eigenvalue weighted by Gasteiger charge is -2.40. The molecule has 3 aliphatic heterocycles. The fourth-order valence-corrected chi connectivity index (χ4v) is 4.63. The molecule has 0 spiro atoms. The maximum atomic E-state index is 12.3. The Morgan fingerprint density at radius 2 is 1.81 bits per heavy atom. The Morgan fingerprint density at radius 3 is 2.53 bits per heavy atom. The minimum atomic E-state index is -4.52. The molecule has 3 fully saturated rings. The van der Waals surface area contributed by atoms with Crippen LogP contribution in [0.25, 0.3) is 0 Å². The molecule has 12 heteroatoms. The van der Waals surface area contributed by atoms with Crippen molar-refractivity contribution in [1.29, 1.82) is 0 Å². The van der Waals surface area contributed by atoms with Gasteiger partial charge < -0.3 is 28.4 Å². The van der Waals surface area contributed by atoms with E-state index < -0.39 is 58.7 Å². The third-order valence-corrected chi connectivity index (χ3v) is 5.96. The molecule has 32 heavy (non-hydrogen) atoms. The van der Waals surface area contributed by atoms with Gasteiger partial charge in [-0.2, -0.15) is 13.1 Å². The summed E-state index contributed by atoms with van der Waals surface area (Å²) < 4.78 is 65.8. The second-order valence-electron chi connectivity index (χ2n) is 8.68. The second kappa shape index (κ2) is 8.20. The molecule has 4 atom stereocenters. The second-order valence-corrected chi connectivity index (χ2v) is 10.0. The Bertz CT molecular complexity index is 950. The summed E-state index contributed by atoms with van der Waals surface area (Å²) in [6, 6.07) is 8.82. The monoisotopic (exact) mass is 473 g/mol. The SMILES string of the molecule is CC1(C)OC2[C@@H](CO[C@@]3(COS(=O)(=O)NC(=O)OCc4ccccc4)OC(C)(C)O[C@@H]23)O1. The van der Waals surface area contributed by atoms with Crippen molar-refractivity contribution in [3.8, 4) is 0 Å². The summed E-state index contributed by atoms with van der Waals surface area (Å²) in [6.07, 6.45) is -2.97. The van der Waals surface area contributed by atoms with Gasteiger partial charge in [-0.05, 0) is 33.3 Å².